The van der Waals surface area contributed by atoms with Crippen LogP contribution in [0.1, 0.15) is 50.2 Å². The minimum Gasteiger partial charge on any atom is -0.352 e. The van der Waals surface area contributed by atoms with Crippen molar-refractivity contribution in [3.63, 3.8) is 0 Å². The number of carbonyl (C=O) groups is 2. The molecule has 0 aromatic heterocycles. The summed E-state index contributed by atoms with van der Waals surface area (Å²) in [7, 11) is -4.23. The van der Waals surface area contributed by atoms with Gasteiger partial charge < -0.3 is 10.2 Å². The molecule has 1 fully saturated rings. The molecular weight excluding hydrogens is 581 g/mol. The first kappa shape index (κ1) is 30.9. The number of nitrogens with one attached hydrogen (secondary N) is 1. The Hall–Kier alpha value is -3.07. The molecule has 41 heavy (non-hydrogen) atoms. The fourth-order valence-corrected chi connectivity index (χ4v) is 7.07. The average Bonchev–Trinajstić information content (AvgIpc) is 3.47. The molecular formula is C31H35Cl2N3O4S. The normalized spacial score (nSPS) is 14.4. The number of hydrogen-bond acceptors (Lipinski definition) is 4. The molecule has 0 saturated heterocycles. The van der Waals surface area contributed by atoms with E-state index >= 15 is 0 Å². The van der Waals surface area contributed by atoms with Crippen molar-refractivity contribution in [3.05, 3.63) is 94.0 Å². The number of anilines is 1. The topological polar surface area (TPSA) is 86.8 Å². The van der Waals surface area contributed by atoms with Crippen molar-refractivity contribution in [1.82, 2.24) is 10.2 Å². The van der Waals surface area contributed by atoms with Crippen LogP contribution in [0.5, 0.6) is 0 Å². The molecule has 4 rings (SSSR count). The lowest BCUT2D eigenvalue weighted by atomic mass is 10.1. The number of hydrogen-bond donors (Lipinski definition) is 1. The van der Waals surface area contributed by atoms with Gasteiger partial charge in [0.1, 0.15) is 12.6 Å². The molecule has 0 heterocycles. The van der Waals surface area contributed by atoms with Crippen molar-refractivity contribution in [2.75, 3.05) is 10.8 Å². The quantitative estimate of drug-likeness (QED) is 0.272. The molecule has 0 radical (unpaired) electrons. The Kier molecular flexibility index (Phi) is 10.3. The van der Waals surface area contributed by atoms with E-state index < -0.39 is 28.5 Å². The van der Waals surface area contributed by atoms with E-state index in [-0.39, 0.29) is 39.1 Å². The molecule has 2 amide bonds. The summed E-state index contributed by atoms with van der Waals surface area (Å²) >= 11 is 12.8. The van der Waals surface area contributed by atoms with Crippen LogP contribution >= 0.6 is 23.2 Å². The van der Waals surface area contributed by atoms with Gasteiger partial charge in [-0.05, 0) is 61.6 Å². The number of sulfonamides is 1. The summed E-state index contributed by atoms with van der Waals surface area (Å²) in [6, 6.07) is 19.4. The third-order valence-corrected chi connectivity index (χ3v) is 10.1. The monoisotopic (exact) mass is 615 g/mol. The molecule has 0 spiro atoms. The van der Waals surface area contributed by atoms with Crippen LogP contribution in [-0.4, -0.2) is 43.8 Å². The summed E-state index contributed by atoms with van der Waals surface area (Å²) in [4.78, 5) is 29.3. The van der Waals surface area contributed by atoms with Crippen molar-refractivity contribution in [1.29, 1.82) is 0 Å². The smallest absolute Gasteiger partial charge is 0.264 e. The standard InChI is InChI=1S/C31H35Cl2N3O4S/c1-3-27(31(38)34-24-14-9-10-15-24)35(20-23-13-8-7-12-22(23)2)29(37)21-36(28-19-11-18-26(32)30(28)33)41(39,40)25-16-5-4-6-17-25/h4-8,11-13,16-19,24,27H,3,9-10,14-15,20-21H2,1-2H3,(H,34,38)/t27-/m0/s1. The maximum atomic E-state index is 14.2. The summed E-state index contributed by atoms with van der Waals surface area (Å²) in [5.74, 6) is -0.767. The van der Waals surface area contributed by atoms with Gasteiger partial charge in [-0.1, -0.05) is 91.5 Å². The van der Waals surface area contributed by atoms with Crippen molar-refractivity contribution in [3.8, 4) is 0 Å². The molecule has 0 bridgehead atoms. The third-order valence-electron chi connectivity index (χ3n) is 7.50. The van der Waals surface area contributed by atoms with Gasteiger partial charge in [0, 0.05) is 12.6 Å². The lowest BCUT2D eigenvalue weighted by Crippen LogP contribution is -2.53. The first-order chi connectivity index (χ1) is 19.6. The Balaban J connectivity index is 1.75. The Labute approximate surface area is 252 Å². The number of aryl methyl sites for hydroxylation is 1. The maximum absolute atomic E-state index is 14.2. The van der Waals surface area contributed by atoms with Gasteiger partial charge in [0.15, 0.2) is 0 Å². The third kappa shape index (κ3) is 7.23. The van der Waals surface area contributed by atoms with Gasteiger partial charge >= 0.3 is 0 Å². The van der Waals surface area contributed by atoms with Crippen LogP contribution < -0.4 is 9.62 Å². The predicted molar refractivity (Wildman–Crippen MR) is 164 cm³/mol. The number of rotatable bonds is 11. The van der Waals surface area contributed by atoms with Crippen molar-refractivity contribution < 1.29 is 18.0 Å². The average molecular weight is 617 g/mol. The highest BCUT2D eigenvalue weighted by Gasteiger charge is 2.35. The van der Waals surface area contributed by atoms with E-state index in [1.165, 1.54) is 23.1 Å². The van der Waals surface area contributed by atoms with E-state index in [1.807, 2.05) is 38.1 Å². The van der Waals surface area contributed by atoms with Crippen molar-refractivity contribution >= 4 is 50.7 Å². The Morgan fingerprint density at radius 2 is 1.61 bits per heavy atom. The number of halogens is 2. The Bertz CT molecular complexity index is 1480. The van der Waals surface area contributed by atoms with E-state index in [0.29, 0.717) is 6.42 Å². The van der Waals surface area contributed by atoms with Gasteiger partial charge in [-0.15, -0.1) is 0 Å². The van der Waals surface area contributed by atoms with Gasteiger partial charge in [-0.3, -0.25) is 13.9 Å². The van der Waals surface area contributed by atoms with Crippen LogP contribution in [0.2, 0.25) is 10.0 Å². The fraction of sp³-hybridized carbons (Fsp3) is 0.355. The second kappa shape index (κ2) is 13.7. The summed E-state index contributed by atoms with van der Waals surface area (Å²) in [6.07, 6.45) is 4.29. The molecule has 0 aliphatic heterocycles. The van der Waals surface area contributed by atoms with Gasteiger partial charge in [0.05, 0.1) is 20.6 Å². The first-order valence-electron chi connectivity index (χ1n) is 13.8. The molecule has 3 aromatic carbocycles. The van der Waals surface area contributed by atoms with E-state index in [1.54, 1.807) is 30.3 Å². The number of amides is 2. The molecule has 1 saturated carbocycles. The van der Waals surface area contributed by atoms with Gasteiger partial charge in [-0.2, -0.15) is 0 Å². The summed E-state index contributed by atoms with van der Waals surface area (Å²) in [5.41, 5.74) is 1.91. The molecule has 10 heteroatoms. The zero-order chi connectivity index (χ0) is 29.6. The van der Waals surface area contributed by atoms with Crippen LogP contribution in [0.3, 0.4) is 0 Å². The predicted octanol–water partition coefficient (Wildman–Crippen LogP) is 6.36. The maximum Gasteiger partial charge on any atom is 0.264 e. The molecule has 7 nitrogen and oxygen atoms in total. The lowest BCUT2D eigenvalue weighted by molar-refractivity contribution is -0.140. The first-order valence-corrected chi connectivity index (χ1v) is 16.0. The van der Waals surface area contributed by atoms with E-state index in [0.717, 1.165) is 41.1 Å². The molecule has 1 aliphatic rings. The van der Waals surface area contributed by atoms with Crippen LogP contribution in [0.25, 0.3) is 0 Å². The van der Waals surface area contributed by atoms with Gasteiger partial charge in [0.25, 0.3) is 10.0 Å². The van der Waals surface area contributed by atoms with E-state index in [9.17, 15) is 18.0 Å². The van der Waals surface area contributed by atoms with Crippen LogP contribution in [0.4, 0.5) is 5.69 Å². The SMILES string of the molecule is CC[C@@H](C(=O)NC1CCCC1)N(Cc1ccccc1C)C(=O)CN(c1cccc(Cl)c1Cl)S(=O)(=O)c1ccccc1. The highest BCUT2D eigenvalue weighted by molar-refractivity contribution is 7.92. The van der Waals surface area contributed by atoms with E-state index in [4.69, 9.17) is 23.2 Å². The van der Waals surface area contributed by atoms with Crippen molar-refractivity contribution in [2.45, 2.75) is 69.5 Å². The zero-order valence-corrected chi connectivity index (χ0v) is 25.6. The molecule has 0 unspecified atom stereocenters. The minimum absolute atomic E-state index is 0.000291. The Morgan fingerprint density at radius 1 is 0.951 bits per heavy atom. The summed E-state index contributed by atoms with van der Waals surface area (Å²) in [6.45, 7) is 3.36. The van der Waals surface area contributed by atoms with E-state index in [2.05, 4.69) is 5.32 Å². The highest BCUT2D eigenvalue weighted by Crippen LogP contribution is 2.35. The van der Waals surface area contributed by atoms with Gasteiger partial charge in [0.2, 0.25) is 11.8 Å². The number of benzene rings is 3. The largest absolute Gasteiger partial charge is 0.352 e. The lowest BCUT2D eigenvalue weighted by Gasteiger charge is -2.34. The van der Waals surface area contributed by atoms with Crippen LogP contribution in [0, 0.1) is 6.92 Å². The minimum atomic E-state index is -4.23. The summed E-state index contributed by atoms with van der Waals surface area (Å²) < 4.78 is 28.9. The van der Waals surface area contributed by atoms with Crippen LogP contribution in [0.15, 0.2) is 77.7 Å². The molecule has 1 N–H and O–H groups in total. The Morgan fingerprint density at radius 3 is 2.27 bits per heavy atom. The van der Waals surface area contributed by atoms with Gasteiger partial charge in [-0.25, -0.2) is 8.42 Å². The molecule has 218 valence electrons. The molecule has 3 aromatic rings. The second-order valence-electron chi connectivity index (χ2n) is 10.3. The molecule has 1 atom stereocenters. The second-order valence-corrected chi connectivity index (χ2v) is 12.9. The number of nitrogens with zero attached hydrogens (tertiary/aromatic N) is 2. The zero-order valence-electron chi connectivity index (χ0n) is 23.2. The molecule has 1 aliphatic carbocycles. The van der Waals surface area contributed by atoms with Crippen molar-refractivity contribution in [2.24, 2.45) is 0 Å². The number of carbonyl (C=O) groups excluding carboxylic acids is 2. The van der Waals surface area contributed by atoms with Crippen LogP contribution in [-0.2, 0) is 26.2 Å². The summed E-state index contributed by atoms with van der Waals surface area (Å²) in [5, 5.41) is 3.29. The highest BCUT2D eigenvalue weighted by atomic mass is 35.5. The fourth-order valence-electron chi connectivity index (χ4n) is 5.18.